The number of rotatable bonds is 2. The Morgan fingerprint density at radius 3 is 3.07 bits per heavy atom. The lowest BCUT2D eigenvalue weighted by molar-refractivity contribution is 0.0524. The van der Waals surface area contributed by atoms with Crippen LogP contribution in [0.4, 0.5) is 5.82 Å². The standard InChI is InChI=1S/C11H17N3O/c1-14-6-4-11(15,8-14)7-9-3-2-5-13-10(9)12/h2-3,5,15H,4,6-8H2,1H3,(H2,12,13). The van der Waals surface area contributed by atoms with E-state index in [0.29, 0.717) is 18.8 Å². The van der Waals surface area contributed by atoms with Gasteiger partial charge in [0, 0.05) is 25.7 Å². The Bertz CT molecular complexity index is 355. The molecule has 1 aliphatic heterocycles. The van der Waals surface area contributed by atoms with Crippen LogP contribution < -0.4 is 5.73 Å². The van der Waals surface area contributed by atoms with Crippen LogP contribution in [0.2, 0.25) is 0 Å². The number of aliphatic hydroxyl groups is 1. The van der Waals surface area contributed by atoms with Crippen LogP contribution >= 0.6 is 0 Å². The van der Waals surface area contributed by atoms with E-state index in [9.17, 15) is 5.11 Å². The number of hydrogen-bond acceptors (Lipinski definition) is 4. The second kappa shape index (κ2) is 3.79. The van der Waals surface area contributed by atoms with E-state index in [1.54, 1.807) is 6.20 Å². The van der Waals surface area contributed by atoms with Crippen LogP contribution in [-0.4, -0.2) is 40.7 Å². The zero-order valence-corrected chi connectivity index (χ0v) is 8.98. The molecule has 1 unspecified atom stereocenters. The summed E-state index contributed by atoms with van der Waals surface area (Å²) in [4.78, 5) is 6.16. The second-order valence-electron chi connectivity index (χ2n) is 4.44. The van der Waals surface area contributed by atoms with Crippen molar-refractivity contribution in [2.24, 2.45) is 0 Å². The van der Waals surface area contributed by atoms with E-state index in [0.717, 1.165) is 18.5 Å². The Balaban J connectivity index is 2.12. The third-order valence-corrected chi connectivity index (χ3v) is 2.97. The van der Waals surface area contributed by atoms with Gasteiger partial charge in [0.1, 0.15) is 5.82 Å². The van der Waals surface area contributed by atoms with E-state index in [1.807, 2.05) is 19.2 Å². The predicted octanol–water partition coefficient (Wildman–Crippen LogP) is 0.273. The molecule has 2 heterocycles. The molecular formula is C11H17N3O. The molecule has 0 amide bonds. The minimum Gasteiger partial charge on any atom is -0.388 e. The Kier molecular flexibility index (Phi) is 2.63. The first-order chi connectivity index (χ1) is 7.09. The highest BCUT2D eigenvalue weighted by Crippen LogP contribution is 2.25. The lowest BCUT2D eigenvalue weighted by Crippen LogP contribution is -2.34. The van der Waals surface area contributed by atoms with Gasteiger partial charge < -0.3 is 15.7 Å². The average molecular weight is 207 g/mol. The third-order valence-electron chi connectivity index (χ3n) is 2.97. The first-order valence-corrected chi connectivity index (χ1v) is 5.19. The van der Waals surface area contributed by atoms with Crippen molar-refractivity contribution >= 4 is 5.82 Å². The Morgan fingerprint density at radius 1 is 1.67 bits per heavy atom. The van der Waals surface area contributed by atoms with Gasteiger partial charge in [0.2, 0.25) is 0 Å². The van der Waals surface area contributed by atoms with E-state index < -0.39 is 5.60 Å². The van der Waals surface area contributed by atoms with Gasteiger partial charge in [-0.2, -0.15) is 0 Å². The normalized spacial score (nSPS) is 27.1. The van der Waals surface area contributed by atoms with Crippen molar-refractivity contribution in [2.45, 2.75) is 18.4 Å². The summed E-state index contributed by atoms with van der Waals surface area (Å²) in [7, 11) is 2.02. The van der Waals surface area contributed by atoms with Crippen LogP contribution in [0.5, 0.6) is 0 Å². The maximum atomic E-state index is 10.3. The van der Waals surface area contributed by atoms with Crippen LogP contribution in [-0.2, 0) is 6.42 Å². The van der Waals surface area contributed by atoms with Crippen molar-refractivity contribution in [3.05, 3.63) is 23.9 Å². The van der Waals surface area contributed by atoms with Gasteiger partial charge in [0.05, 0.1) is 5.60 Å². The number of β-amino-alcohol motifs (C(OH)–C–C–N with tert-alkyl or cyclic N) is 1. The number of hydrogen-bond donors (Lipinski definition) is 2. The molecule has 1 saturated heterocycles. The van der Waals surface area contributed by atoms with Gasteiger partial charge in [-0.05, 0) is 25.1 Å². The molecule has 1 aromatic heterocycles. The SMILES string of the molecule is CN1CCC(O)(Cc2cccnc2N)C1. The molecule has 0 aromatic carbocycles. The van der Waals surface area contributed by atoms with Crippen LogP contribution in [0.25, 0.3) is 0 Å². The number of pyridine rings is 1. The van der Waals surface area contributed by atoms with E-state index in [1.165, 1.54) is 0 Å². The summed E-state index contributed by atoms with van der Waals surface area (Å²) >= 11 is 0. The predicted molar refractivity (Wildman–Crippen MR) is 59.4 cm³/mol. The van der Waals surface area contributed by atoms with E-state index in [-0.39, 0.29) is 0 Å². The molecule has 2 rings (SSSR count). The fourth-order valence-electron chi connectivity index (χ4n) is 2.16. The zero-order chi connectivity index (χ0) is 10.9. The summed E-state index contributed by atoms with van der Waals surface area (Å²) < 4.78 is 0. The van der Waals surface area contributed by atoms with Gasteiger partial charge in [-0.3, -0.25) is 0 Å². The molecule has 15 heavy (non-hydrogen) atoms. The molecule has 4 nitrogen and oxygen atoms in total. The molecule has 1 fully saturated rings. The fourth-order valence-corrected chi connectivity index (χ4v) is 2.16. The van der Waals surface area contributed by atoms with Crippen molar-refractivity contribution in [1.29, 1.82) is 0 Å². The second-order valence-corrected chi connectivity index (χ2v) is 4.44. The minimum atomic E-state index is -0.633. The van der Waals surface area contributed by atoms with E-state index in [2.05, 4.69) is 9.88 Å². The fraction of sp³-hybridized carbons (Fsp3) is 0.545. The molecule has 82 valence electrons. The first kappa shape index (κ1) is 10.4. The van der Waals surface area contributed by atoms with Crippen molar-refractivity contribution in [3.63, 3.8) is 0 Å². The number of likely N-dealkylation sites (tertiary alicyclic amines) is 1. The zero-order valence-electron chi connectivity index (χ0n) is 8.98. The molecule has 0 spiro atoms. The van der Waals surface area contributed by atoms with Gasteiger partial charge in [-0.1, -0.05) is 6.07 Å². The van der Waals surface area contributed by atoms with E-state index in [4.69, 9.17) is 5.73 Å². The van der Waals surface area contributed by atoms with Gasteiger partial charge in [-0.15, -0.1) is 0 Å². The largest absolute Gasteiger partial charge is 0.388 e. The molecule has 0 radical (unpaired) electrons. The number of likely N-dealkylation sites (N-methyl/N-ethyl adjacent to an activating group) is 1. The van der Waals surface area contributed by atoms with Gasteiger partial charge in [-0.25, -0.2) is 4.98 Å². The number of nitrogens with two attached hydrogens (primary N) is 1. The van der Waals surface area contributed by atoms with Gasteiger partial charge in [0.15, 0.2) is 0 Å². The third kappa shape index (κ3) is 2.27. The van der Waals surface area contributed by atoms with Gasteiger partial charge in [0.25, 0.3) is 0 Å². The Hall–Kier alpha value is -1.13. The summed E-state index contributed by atoms with van der Waals surface area (Å²) in [5, 5.41) is 10.3. The maximum Gasteiger partial charge on any atom is 0.126 e. The van der Waals surface area contributed by atoms with Crippen LogP contribution in [0.1, 0.15) is 12.0 Å². The number of nitrogen functional groups attached to an aromatic ring is 1. The summed E-state index contributed by atoms with van der Waals surface area (Å²) in [6.07, 6.45) is 3.07. The van der Waals surface area contributed by atoms with Crippen molar-refractivity contribution in [1.82, 2.24) is 9.88 Å². The van der Waals surface area contributed by atoms with Crippen molar-refractivity contribution < 1.29 is 5.11 Å². The van der Waals surface area contributed by atoms with Crippen molar-refractivity contribution in [3.8, 4) is 0 Å². The van der Waals surface area contributed by atoms with Crippen molar-refractivity contribution in [2.75, 3.05) is 25.9 Å². The lowest BCUT2D eigenvalue weighted by atomic mass is 9.94. The van der Waals surface area contributed by atoms with Crippen LogP contribution in [0.15, 0.2) is 18.3 Å². The summed E-state index contributed by atoms with van der Waals surface area (Å²) in [6, 6.07) is 3.78. The topological polar surface area (TPSA) is 62.4 Å². The summed E-state index contributed by atoms with van der Waals surface area (Å²) in [5.41, 5.74) is 6.06. The number of anilines is 1. The van der Waals surface area contributed by atoms with Crippen LogP contribution in [0, 0.1) is 0 Å². The quantitative estimate of drug-likeness (QED) is 0.731. The maximum absolute atomic E-state index is 10.3. The molecule has 1 aliphatic rings. The molecule has 3 N–H and O–H groups in total. The highest BCUT2D eigenvalue weighted by atomic mass is 16.3. The van der Waals surface area contributed by atoms with Gasteiger partial charge >= 0.3 is 0 Å². The van der Waals surface area contributed by atoms with E-state index >= 15 is 0 Å². The summed E-state index contributed by atoms with van der Waals surface area (Å²) in [5.74, 6) is 0.528. The number of nitrogens with zero attached hydrogens (tertiary/aromatic N) is 2. The molecule has 0 saturated carbocycles. The number of aromatic nitrogens is 1. The Labute approximate surface area is 89.7 Å². The molecule has 0 bridgehead atoms. The highest BCUT2D eigenvalue weighted by molar-refractivity contribution is 5.39. The smallest absolute Gasteiger partial charge is 0.126 e. The molecule has 0 aliphatic carbocycles. The Morgan fingerprint density at radius 2 is 2.47 bits per heavy atom. The summed E-state index contributed by atoms with van der Waals surface area (Å²) in [6.45, 7) is 1.65. The first-order valence-electron chi connectivity index (χ1n) is 5.19. The lowest BCUT2D eigenvalue weighted by Gasteiger charge is -2.22. The molecular weight excluding hydrogens is 190 g/mol. The molecule has 4 heteroatoms. The molecule has 1 atom stereocenters. The monoisotopic (exact) mass is 207 g/mol. The molecule has 1 aromatic rings. The minimum absolute atomic E-state index is 0.528. The van der Waals surface area contributed by atoms with Crippen LogP contribution in [0.3, 0.4) is 0 Å². The average Bonchev–Trinajstić information content (AvgIpc) is 2.51. The highest BCUT2D eigenvalue weighted by Gasteiger charge is 2.34.